The van der Waals surface area contributed by atoms with Gasteiger partial charge in [0.25, 0.3) is 0 Å². The van der Waals surface area contributed by atoms with E-state index in [1.807, 2.05) is 0 Å². The summed E-state index contributed by atoms with van der Waals surface area (Å²) < 4.78 is 13.3. The van der Waals surface area contributed by atoms with Crippen LogP contribution in [-0.4, -0.2) is 42.4 Å². The Morgan fingerprint density at radius 1 is 1.00 bits per heavy atom. The molecule has 6 heteroatoms. The summed E-state index contributed by atoms with van der Waals surface area (Å²) in [5.41, 5.74) is 0.988. The van der Waals surface area contributed by atoms with Gasteiger partial charge >= 0.3 is 0 Å². The molecule has 158 valence electrons. The Kier molecular flexibility index (Phi) is 6.48. The summed E-state index contributed by atoms with van der Waals surface area (Å²) in [6.07, 6.45) is 8.44. The molecule has 0 bridgehead atoms. The maximum Gasteiger partial charge on any atom is 0.234 e. The van der Waals surface area contributed by atoms with Crippen LogP contribution in [-0.2, 0) is 9.59 Å². The van der Waals surface area contributed by atoms with E-state index in [1.54, 1.807) is 12.1 Å². The molecule has 1 aromatic rings. The van der Waals surface area contributed by atoms with Crippen molar-refractivity contribution >= 4 is 11.8 Å². The first kappa shape index (κ1) is 20.3. The lowest BCUT2D eigenvalue weighted by atomic mass is 9.91. The summed E-state index contributed by atoms with van der Waals surface area (Å²) in [4.78, 5) is 27.1. The monoisotopic (exact) mass is 401 g/mol. The highest BCUT2D eigenvalue weighted by Crippen LogP contribution is 2.35. The van der Waals surface area contributed by atoms with Gasteiger partial charge in [0.05, 0.1) is 12.6 Å². The number of nitrogens with zero attached hydrogens (tertiary/aromatic N) is 1. The van der Waals surface area contributed by atoms with Crippen LogP contribution in [0.25, 0.3) is 0 Å². The summed E-state index contributed by atoms with van der Waals surface area (Å²) in [6, 6.07) is 6.89. The van der Waals surface area contributed by atoms with Crippen LogP contribution in [0, 0.1) is 17.7 Å². The minimum atomic E-state index is -0.251. The van der Waals surface area contributed by atoms with Crippen molar-refractivity contribution < 1.29 is 14.0 Å². The number of halogens is 1. The zero-order chi connectivity index (χ0) is 20.2. The van der Waals surface area contributed by atoms with Crippen molar-refractivity contribution in [2.45, 2.75) is 63.5 Å². The second kappa shape index (κ2) is 9.24. The van der Waals surface area contributed by atoms with Crippen molar-refractivity contribution in [3.8, 4) is 0 Å². The second-order valence-corrected chi connectivity index (χ2v) is 8.97. The quantitative estimate of drug-likeness (QED) is 0.738. The first-order valence-corrected chi connectivity index (χ1v) is 11.2. The van der Waals surface area contributed by atoms with Crippen molar-refractivity contribution in [1.82, 2.24) is 15.5 Å². The molecule has 3 fully saturated rings. The molecule has 4 rings (SSSR count). The fraction of sp³-hybridized carbons (Fsp3) is 0.652. The molecule has 2 aliphatic carbocycles. The van der Waals surface area contributed by atoms with E-state index in [9.17, 15) is 14.0 Å². The van der Waals surface area contributed by atoms with Crippen molar-refractivity contribution in [3.05, 3.63) is 35.6 Å². The predicted octanol–water partition coefficient (Wildman–Crippen LogP) is 3.16. The number of amides is 2. The lowest BCUT2D eigenvalue weighted by Crippen LogP contribution is -2.45. The van der Waals surface area contributed by atoms with Crippen LogP contribution in [0.15, 0.2) is 24.3 Å². The molecular weight excluding hydrogens is 369 g/mol. The number of nitrogens with one attached hydrogen (secondary N) is 2. The fourth-order valence-electron chi connectivity index (χ4n) is 4.76. The first-order chi connectivity index (χ1) is 14.1. The first-order valence-electron chi connectivity index (χ1n) is 11.2. The highest BCUT2D eigenvalue weighted by atomic mass is 19.1. The maximum absolute atomic E-state index is 13.3. The fourth-order valence-corrected chi connectivity index (χ4v) is 4.76. The SMILES string of the molecule is O=C(CN1CCC(C(=O)NC2CC2)CC1)N[C@@H](c1ccc(F)cc1)C1CCCC1. The van der Waals surface area contributed by atoms with Crippen molar-refractivity contribution in [3.63, 3.8) is 0 Å². The normalized spacial score (nSPS) is 22.4. The number of carbonyl (C=O) groups is 2. The minimum absolute atomic E-state index is 0.0205. The average molecular weight is 402 g/mol. The number of hydrogen-bond acceptors (Lipinski definition) is 3. The van der Waals surface area contributed by atoms with Crippen molar-refractivity contribution in [2.24, 2.45) is 11.8 Å². The summed E-state index contributed by atoms with van der Waals surface area (Å²) in [5, 5.41) is 6.32. The number of rotatable bonds is 7. The molecule has 1 saturated heterocycles. The van der Waals surface area contributed by atoms with E-state index < -0.39 is 0 Å². The number of benzene rings is 1. The average Bonchev–Trinajstić information content (AvgIpc) is 3.36. The molecule has 29 heavy (non-hydrogen) atoms. The maximum atomic E-state index is 13.3. The van der Waals surface area contributed by atoms with Crippen LogP contribution in [0.4, 0.5) is 4.39 Å². The molecule has 2 saturated carbocycles. The van der Waals surface area contributed by atoms with Crippen LogP contribution in [0.3, 0.4) is 0 Å². The number of hydrogen-bond donors (Lipinski definition) is 2. The van der Waals surface area contributed by atoms with Gasteiger partial charge in [0.2, 0.25) is 11.8 Å². The van der Waals surface area contributed by atoms with E-state index in [0.29, 0.717) is 18.5 Å². The van der Waals surface area contributed by atoms with Crippen LogP contribution in [0.1, 0.15) is 63.0 Å². The van der Waals surface area contributed by atoms with Gasteiger partial charge in [-0.1, -0.05) is 25.0 Å². The Morgan fingerprint density at radius 3 is 2.28 bits per heavy atom. The molecule has 1 aromatic carbocycles. The molecule has 5 nitrogen and oxygen atoms in total. The molecule has 0 radical (unpaired) electrons. The third-order valence-corrected chi connectivity index (χ3v) is 6.67. The van der Waals surface area contributed by atoms with Gasteiger partial charge in [-0.2, -0.15) is 0 Å². The largest absolute Gasteiger partial charge is 0.353 e. The molecule has 0 unspecified atom stereocenters. The Bertz CT molecular complexity index is 705. The van der Waals surface area contributed by atoms with Gasteiger partial charge in [-0.05, 0) is 75.2 Å². The molecule has 0 spiro atoms. The highest BCUT2D eigenvalue weighted by Gasteiger charge is 2.31. The minimum Gasteiger partial charge on any atom is -0.353 e. The van der Waals surface area contributed by atoms with Gasteiger partial charge in [0.15, 0.2) is 0 Å². The predicted molar refractivity (Wildman–Crippen MR) is 110 cm³/mol. The Labute approximate surface area is 172 Å². The molecule has 1 aliphatic heterocycles. The highest BCUT2D eigenvalue weighted by molar-refractivity contribution is 5.80. The molecule has 3 aliphatic rings. The third-order valence-electron chi connectivity index (χ3n) is 6.67. The van der Waals surface area contributed by atoms with E-state index in [0.717, 1.165) is 57.2 Å². The van der Waals surface area contributed by atoms with Crippen LogP contribution in [0.2, 0.25) is 0 Å². The van der Waals surface area contributed by atoms with E-state index in [4.69, 9.17) is 0 Å². The number of carbonyl (C=O) groups excluding carboxylic acids is 2. The van der Waals surface area contributed by atoms with Gasteiger partial charge in [0, 0.05) is 12.0 Å². The molecule has 1 heterocycles. The van der Waals surface area contributed by atoms with E-state index >= 15 is 0 Å². The van der Waals surface area contributed by atoms with Crippen molar-refractivity contribution in [2.75, 3.05) is 19.6 Å². The molecule has 2 N–H and O–H groups in total. The number of piperidine rings is 1. The third kappa shape index (κ3) is 5.56. The molecule has 2 amide bonds. The van der Waals surface area contributed by atoms with Crippen molar-refractivity contribution in [1.29, 1.82) is 0 Å². The Morgan fingerprint density at radius 2 is 1.66 bits per heavy atom. The number of likely N-dealkylation sites (tertiary alicyclic amines) is 1. The topological polar surface area (TPSA) is 61.4 Å². The summed E-state index contributed by atoms with van der Waals surface area (Å²) >= 11 is 0. The lowest BCUT2D eigenvalue weighted by Gasteiger charge is -2.32. The van der Waals surface area contributed by atoms with E-state index in [2.05, 4.69) is 15.5 Å². The Balaban J connectivity index is 1.29. The lowest BCUT2D eigenvalue weighted by molar-refractivity contribution is -0.127. The zero-order valence-corrected chi connectivity index (χ0v) is 17.0. The van der Waals surface area contributed by atoms with Gasteiger partial charge in [-0.25, -0.2) is 4.39 Å². The van der Waals surface area contributed by atoms with E-state index in [-0.39, 0.29) is 29.6 Å². The van der Waals surface area contributed by atoms with Gasteiger partial charge in [0.1, 0.15) is 5.82 Å². The van der Waals surface area contributed by atoms with E-state index in [1.165, 1.54) is 25.0 Å². The van der Waals surface area contributed by atoms with Gasteiger partial charge in [-0.15, -0.1) is 0 Å². The summed E-state index contributed by atoms with van der Waals surface area (Å²) in [7, 11) is 0. The molecular formula is C23H32FN3O2. The smallest absolute Gasteiger partial charge is 0.234 e. The zero-order valence-electron chi connectivity index (χ0n) is 17.0. The Hall–Kier alpha value is -1.95. The molecule has 1 atom stereocenters. The van der Waals surface area contributed by atoms with Crippen LogP contribution in [0.5, 0.6) is 0 Å². The van der Waals surface area contributed by atoms with Crippen LogP contribution < -0.4 is 10.6 Å². The summed E-state index contributed by atoms with van der Waals surface area (Å²) in [6.45, 7) is 1.92. The summed E-state index contributed by atoms with van der Waals surface area (Å²) in [5.74, 6) is 0.460. The standard InChI is InChI=1S/C23H32FN3O2/c24-19-7-5-17(6-8-19)22(16-3-1-2-4-16)26-21(28)15-27-13-11-18(12-14-27)23(29)25-20-9-10-20/h5-8,16,18,20,22H,1-4,9-15H2,(H,25,29)(H,26,28)/t22-/m1/s1. The molecule has 0 aromatic heterocycles. The van der Waals surface area contributed by atoms with Gasteiger partial charge in [-0.3, -0.25) is 14.5 Å². The second-order valence-electron chi connectivity index (χ2n) is 8.97. The van der Waals surface area contributed by atoms with Gasteiger partial charge < -0.3 is 10.6 Å². The van der Waals surface area contributed by atoms with Crippen LogP contribution >= 0.6 is 0 Å².